The fourth-order valence-electron chi connectivity index (χ4n) is 1.82. The number of aryl methyl sites for hydroxylation is 1. The first-order chi connectivity index (χ1) is 9.49. The molecule has 3 N–H and O–H groups in total. The van der Waals surface area contributed by atoms with Gasteiger partial charge in [-0.2, -0.15) is 18.5 Å². The summed E-state index contributed by atoms with van der Waals surface area (Å²) in [6.45, 7) is 0. The number of pyridine rings is 1. The number of imidazole rings is 1. The van der Waals surface area contributed by atoms with Crippen molar-refractivity contribution in [3.8, 4) is 0 Å². The van der Waals surface area contributed by atoms with Crippen molar-refractivity contribution < 1.29 is 8.42 Å². The minimum absolute atomic E-state index is 0.0779. The molecule has 20 heavy (non-hydrogen) atoms. The van der Waals surface area contributed by atoms with Crippen LogP contribution >= 0.6 is 0 Å². The Morgan fingerprint density at radius 2 is 2.15 bits per heavy atom. The Balaban J connectivity index is 2.14. The van der Waals surface area contributed by atoms with E-state index in [4.69, 9.17) is 5.73 Å². The average molecular weight is 293 g/mol. The molecule has 0 aromatic carbocycles. The first-order valence-electron chi connectivity index (χ1n) is 5.58. The van der Waals surface area contributed by atoms with Gasteiger partial charge in [0, 0.05) is 13.2 Å². The molecule has 0 unspecified atom stereocenters. The number of aromatic nitrogens is 5. The third-order valence-electron chi connectivity index (χ3n) is 2.70. The molecule has 0 saturated heterocycles. The molecule has 0 bridgehead atoms. The van der Waals surface area contributed by atoms with Crippen LogP contribution < -0.4 is 10.5 Å². The lowest BCUT2D eigenvalue weighted by Gasteiger charge is -2.07. The first-order valence-corrected chi connectivity index (χ1v) is 7.07. The summed E-state index contributed by atoms with van der Waals surface area (Å²) in [6, 6.07) is 5.10. The summed E-state index contributed by atoms with van der Waals surface area (Å²) in [4.78, 5) is 7.82. The lowest BCUT2D eigenvalue weighted by molar-refractivity contribution is 0.596. The van der Waals surface area contributed by atoms with Gasteiger partial charge in [0.2, 0.25) is 11.0 Å². The molecule has 0 amide bonds. The summed E-state index contributed by atoms with van der Waals surface area (Å²) in [5.74, 6) is 0.0150. The Morgan fingerprint density at radius 1 is 1.35 bits per heavy atom. The SMILES string of the molecule is Cn1ncnc1NS(=O)(=O)c1c(N)nc2ccccn12. The normalized spacial score (nSPS) is 11.8. The van der Waals surface area contributed by atoms with Gasteiger partial charge in [-0.25, -0.2) is 14.4 Å². The number of hydrogen-bond donors (Lipinski definition) is 2. The molecule has 3 aromatic rings. The van der Waals surface area contributed by atoms with Crippen LogP contribution in [0.2, 0.25) is 0 Å². The van der Waals surface area contributed by atoms with Gasteiger partial charge in [-0.05, 0) is 12.1 Å². The molecule has 0 aliphatic rings. The van der Waals surface area contributed by atoms with Crippen molar-refractivity contribution in [2.45, 2.75) is 5.03 Å². The number of rotatable bonds is 3. The molecule has 0 aliphatic carbocycles. The topological polar surface area (TPSA) is 120 Å². The maximum atomic E-state index is 12.4. The molecule has 3 aromatic heterocycles. The van der Waals surface area contributed by atoms with Crippen molar-refractivity contribution >= 4 is 27.4 Å². The zero-order valence-electron chi connectivity index (χ0n) is 10.4. The van der Waals surface area contributed by atoms with Gasteiger partial charge in [-0.3, -0.25) is 4.40 Å². The van der Waals surface area contributed by atoms with Crippen molar-refractivity contribution in [3.63, 3.8) is 0 Å². The van der Waals surface area contributed by atoms with Gasteiger partial charge in [0.15, 0.2) is 5.82 Å². The lowest BCUT2D eigenvalue weighted by atomic mass is 10.5. The van der Waals surface area contributed by atoms with Crippen LogP contribution in [0.5, 0.6) is 0 Å². The Bertz CT molecular complexity index is 880. The van der Waals surface area contributed by atoms with E-state index in [9.17, 15) is 8.42 Å². The molecule has 9 nitrogen and oxygen atoms in total. The Labute approximate surface area is 114 Å². The van der Waals surface area contributed by atoms with Crippen LogP contribution in [0.3, 0.4) is 0 Å². The zero-order valence-corrected chi connectivity index (χ0v) is 11.2. The molecule has 3 rings (SSSR count). The van der Waals surface area contributed by atoms with Gasteiger partial charge in [0.1, 0.15) is 12.0 Å². The summed E-state index contributed by atoms with van der Waals surface area (Å²) in [5.41, 5.74) is 6.16. The standard InChI is InChI=1S/C10H11N7O2S/c1-16-10(12-6-13-16)15-20(18,19)9-8(11)14-7-4-2-3-5-17(7)9/h2-6H,11H2,1H3,(H,12,13,15). The monoisotopic (exact) mass is 293 g/mol. The number of hydrogen-bond acceptors (Lipinski definition) is 6. The van der Waals surface area contributed by atoms with Gasteiger partial charge in [-0.1, -0.05) is 6.07 Å². The van der Waals surface area contributed by atoms with Crippen molar-refractivity contribution in [2.24, 2.45) is 7.05 Å². The molecular weight excluding hydrogens is 282 g/mol. The highest BCUT2D eigenvalue weighted by Gasteiger charge is 2.25. The summed E-state index contributed by atoms with van der Waals surface area (Å²) in [5, 5.41) is 3.66. The van der Waals surface area contributed by atoms with E-state index in [-0.39, 0.29) is 16.8 Å². The fourth-order valence-corrected chi connectivity index (χ4v) is 3.07. The van der Waals surface area contributed by atoms with Crippen LogP contribution in [0, 0.1) is 0 Å². The lowest BCUT2D eigenvalue weighted by Crippen LogP contribution is -2.19. The smallest absolute Gasteiger partial charge is 0.284 e. The van der Waals surface area contributed by atoms with E-state index in [1.54, 1.807) is 31.4 Å². The molecule has 3 heterocycles. The summed E-state index contributed by atoms with van der Waals surface area (Å²) < 4.78 is 29.9. The van der Waals surface area contributed by atoms with Crippen LogP contribution in [0.1, 0.15) is 0 Å². The molecule has 0 radical (unpaired) electrons. The van der Waals surface area contributed by atoms with Crippen LogP contribution in [-0.2, 0) is 17.1 Å². The van der Waals surface area contributed by atoms with E-state index in [0.29, 0.717) is 5.65 Å². The average Bonchev–Trinajstić information content (AvgIpc) is 2.92. The van der Waals surface area contributed by atoms with Gasteiger partial charge < -0.3 is 5.73 Å². The number of anilines is 2. The number of sulfonamides is 1. The molecule has 0 aliphatic heterocycles. The Kier molecular flexibility index (Phi) is 2.61. The predicted octanol–water partition coefficient (Wildman–Crippen LogP) is -0.154. The highest BCUT2D eigenvalue weighted by atomic mass is 32.2. The minimum atomic E-state index is -3.92. The molecular formula is C10H11N7O2S. The van der Waals surface area contributed by atoms with E-state index in [2.05, 4.69) is 19.8 Å². The van der Waals surface area contributed by atoms with Gasteiger partial charge in [0.25, 0.3) is 10.0 Å². The number of nitrogens with two attached hydrogens (primary N) is 1. The molecule has 0 fully saturated rings. The van der Waals surface area contributed by atoms with Gasteiger partial charge in [-0.15, -0.1) is 0 Å². The quantitative estimate of drug-likeness (QED) is 0.692. The van der Waals surface area contributed by atoms with Crippen molar-refractivity contribution in [1.82, 2.24) is 24.1 Å². The molecule has 0 atom stereocenters. The number of nitrogens with one attached hydrogen (secondary N) is 1. The van der Waals surface area contributed by atoms with Crippen LogP contribution in [0.4, 0.5) is 11.8 Å². The highest BCUT2D eigenvalue weighted by Crippen LogP contribution is 2.21. The highest BCUT2D eigenvalue weighted by molar-refractivity contribution is 7.92. The molecule has 104 valence electrons. The Hall–Kier alpha value is -2.62. The van der Waals surface area contributed by atoms with Crippen molar-refractivity contribution in [3.05, 3.63) is 30.7 Å². The van der Waals surface area contributed by atoms with Crippen molar-refractivity contribution in [1.29, 1.82) is 0 Å². The number of fused-ring (bicyclic) bond motifs is 1. The molecule has 0 saturated carbocycles. The van der Waals surface area contributed by atoms with E-state index >= 15 is 0 Å². The summed E-state index contributed by atoms with van der Waals surface area (Å²) in [6.07, 6.45) is 2.82. The maximum absolute atomic E-state index is 12.4. The predicted molar refractivity (Wildman–Crippen MR) is 71.4 cm³/mol. The second kappa shape index (κ2) is 4.20. The second-order valence-electron chi connectivity index (χ2n) is 4.04. The van der Waals surface area contributed by atoms with Crippen LogP contribution in [-0.4, -0.2) is 32.6 Å². The fraction of sp³-hybridized carbons (Fsp3) is 0.100. The number of nitrogens with zero attached hydrogens (tertiary/aromatic N) is 5. The largest absolute Gasteiger partial charge is 0.381 e. The van der Waals surface area contributed by atoms with Crippen LogP contribution in [0.25, 0.3) is 5.65 Å². The summed E-state index contributed by atoms with van der Waals surface area (Å²) >= 11 is 0. The van der Waals surface area contributed by atoms with E-state index in [0.717, 1.165) is 0 Å². The molecule has 0 spiro atoms. The number of nitrogen functional groups attached to an aromatic ring is 1. The molecule has 10 heteroatoms. The van der Waals surface area contributed by atoms with Gasteiger partial charge >= 0.3 is 0 Å². The third kappa shape index (κ3) is 1.86. The zero-order chi connectivity index (χ0) is 14.3. The van der Waals surface area contributed by atoms with Crippen LogP contribution in [0.15, 0.2) is 35.7 Å². The van der Waals surface area contributed by atoms with Crippen molar-refractivity contribution in [2.75, 3.05) is 10.5 Å². The van der Waals surface area contributed by atoms with Gasteiger partial charge in [0.05, 0.1) is 0 Å². The maximum Gasteiger partial charge on any atom is 0.284 e. The third-order valence-corrected chi connectivity index (χ3v) is 4.07. The Morgan fingerprint density at radius 3 is 2.85 bits per heavy atom. The van der Waals surface area contributed by atoms with E-state index < -0.39 is 10.0 Å². The minimum Gasteiger partial charge on any atom is -0.381 e. The van der Waals surface area contributed by atoms with E-state index in [1.165, 1.54) is 15.4 Å². The second-order valence-corrected chi connectivity index (χ2v) is 5.64. The first kappa shape index (κ1) is 12.4. The van der Waals surface area contributed by atoms with E-state index in [1.807, 2.05) is 0 Å². The summed E-state index contributed by atoms with van der Waals surface area (Å²) in [7, 11) is -2.35.